The molecule has 0 heterocycles. The minimum absolute atomic E-state index is 0.0589. The van der Waals surface area contributed by atoms with Gasteiger partial charge in [-0.1, -0.05) is 0 Å². The van der Waals surface area contributed by atoms with Gasteiger partial charge in [0, 0.05) is 12.1 Å². The van der Waals surface area contributed by atoms with Crippen LogP contribution in [0.15, 0.2) is 12.1 Å². The minimum atomic E-state index is -0.628. The number of carbonyl (C=O) groups is 1. The maximum Gasteiger partial charge on any atom is 0.286 e. The molecule has 0 saturated carbocycles. The molecule has 7 heteroatoms. The van der Waals surface area contributed by atoms with Crippen LogP contribution in [0.1, 0.15) is 24.2 Å². The Bertz CT molecular complexity index is 499. The molecule has 0 aliphatic rings. The van der Waals surface area contributed by atoms with Gasteiger partial charge in [0.15, 0.2) is 11.5 Å². The Kier molecular flexibility index (Phi) is 4.68. The molecule has 0 radical (unpaired) electrons. The SMILES string of the molecule is COc1cc(C(=O)NC(C)C)c([N+](=O)[O-])cc1OC. The van der Waals surface area contributed by atoms with Crippen molar-refractivity contribution in [1.82, 2.24) is 5.32 Å². The van der Waals surface area contributed by atoms with Crippen LogP contribution in [-0.4, -0.2) is 31.1 Å². The largest absolute Gasteiger partial charge is 0.493 e. The van der Waals surface area contributed by atoms with Gasteiger partial charge in [0.2, 0.25) is 0 Å². The highest BCUT2D eigenvalue weighted by Crippen LogP contribution is 2.34. The lowest BCUT2D eigenvalue weighted by atomic mass is 10.1. The van der Waals surface area contributed by atoms with Crippen molar-refractivity contribution in [1.29, 1.82) is 0 Å². The molecule has 0 aliphatic carbocycles. The average molecular weight is 268 g/mol. The Labute approximate surface area is 110 Å². The van der Waals surface area contributed by atoms with Crippen LogP contribution in [0.3, 0.4) is 0 Å². The summed E-state index contributed by atoms with van der Waals surface area (Å²) in [6.07, 6.45) is 0. The van der Waals surface area contributed by atoms with Crippen LogP contribution in [-0.2, 0) is 0 Å². The first-order valence-electron chi connectivity index (χ1n) is 5.62. The van der Waals surface area contributed by atoms with E-state index in [-0.39, 0.29) is 28.8 Å². The molecular formula is C12H16N2O5. The average Bonchev–Trinajstić information content (AvgIpc) is 2.35. The van der Waals surface area contributed by atoms with E-state index < -0.39 is 10.8 Å². The van der Waals surface area contributed by atoms with E-state index >= 15 is 0 Å². The Balaban J connectivity index is 3.35. The quantitative estimate of drug-likeness (QED) is 0.649. The standard InChI is InChI=1S/C12H16N2O5/c1-7(2)13-12(15)8-5-10(18-3)11(19-4)6-9(8)14(16)17/h5-7H,1-4H3,(H,13,15). The molecule has 7 nitrogen and oxygen atoms in total. The first kappa shape index (κ1) is 14.7. The van der Waals surface area contributed by atoms with Gasteiger partial charge in [-0.3, -0.25) is 14.9 Å². The van der Waals surface area contributed by atoms with Crippen LogP contribution in [0.5, 0.6) is 11.5 Å². The fourth-order valence-electron chi connectivity index (χ4n) is 1.54. The van der Waals surface area contributed by atoms with E-state index in [9.17, 15) is 14.9 Å². The van der Waals surface area contributed by atoms with Gasteiger partial charge in [-0.2, -0.15) is 0 Å². The molecule has 1 amide bonds. The van der Waals surface area contributed by atoms with Crippen LogP contribution < -0.4 is 14.8 Å². The summed E-state index contributed by atoms with van der Waals surface area (Å²) in [5.41, 5.74) is -0.382. The number of carbonyl (C=O) groups excluding carboxylic acids is 1. The van der Waals surface area contributed by atoms with Crippen LogP contribution in [0, 0.1) is 10.1 Å². The highest BCUT2D eigenvalue weighted by atomic mass is 16.6. The molecule has 0 unspecified atom stereocenters. The molecule has 1 aromatic rings. The van der Waals surface area contributed by atoms with E-state index in [2.05, 4.69) is 5.32 Å². The highest BCUT2D eigenvalue weighted by Gasteiger charge is 2.24. The topological polar surface area (TPSA) is 90.7 Å². The van der Waals surface area contributed by atoms with Crippen LogP contribution in [0.2, 0.25) is 0 Å². The number of hydrogen-bond acceptors (Lipinski definition) is 5. The van der Waals surface area contributed by atoms with E-state index in [1.807, 2.05) is 0 Å². The third-order valence-electron chi connectivity index (χ3n) is 2.36. The molecule has 104 valence electrons. The van der Waals surface area contributed by atoms with Gasteiger partial charge in [0.05, 0.1) is 25.2 Å². The van der Waals surface area contributed by atoms with Gasteiger partial charge in [0.1, 0.15) is 5.56 Å². The maximum absolute atomic E-state index is 11.9. The molecule has 0 saturated heterocycles. The van der Waals surface area contributed by atoms with Crippen LogP contribution >= 0.6 is 0 Å². The molecule has 0 spiro atoms. The Morgan fingerprint density at radius 2 is 1.79 bits per heavy atom. The third kappa shape index (κ3) is 3.34. The predicted molar refractivity (Wildman–Crippen MR) is 68.8 cm³/mol. The first-order chi connectivity index (χ1) is 8.90. The smallest absolute Gasteiger partial charge is 0.286 e. The maximum atomic E-state index is 11.9. The summed E-state index contributed by atoms with van der Waals surface area (Å²) in [5.74, 6) is -0.0556. The third-order valence-corrected chi connectivity index (χ3v) is 2.36. The Morgan fingerprint density at radius 3 is 2.21 bits per heavy atom. The van der Waals surface area contributed by atoms with Crippen molar-refractivity contribution in [3.63, 3.8) is 0 Å². The fraction of sp³-hybridized carbons (Fsp3) is 0.417. The zero-order chi connectivity index (χ0) is 14.6. The van der Waals surface area contributed by atoms with E-state index in [4.69, 9.17) is 9.47 Å². The van der Waals surface area contributed by atoms with E-state index in [1.165, 1.54) is 26.4 Å². The second kappa shape index (κ2) is 6.03. The molecule has 0 aliphatic heterocycles. The lowest BCUT2D eigenvalue weighted by molar-refractivity contribution is -0.385. The zero-order valence-corrected chi connectivity index (χ0v) is 11.2. The number of nitrogens with one attached hydrogen (secondary N) is 1. The second-order valence-corrected chi connectivity index (χ2v) is 4.11. The number of amides is 1. The number of ether oxygens (including phenoxy) is 2. The summed E-state index contributed by atoms with van der Waals surface area (Å²) in [7, 11) is 2.77. The van der Waals surface area contributed by atoms with E-state index in [1.54, 1.807) is 13.8 Å². The number of methoxy groups -OCH3 is 2. The number of benzene rings is 1. The second-order valence-electron chi connectivity index (χ2n) is 4.11. The van der Waals surface area contributed by atoms with Crippen molar-refractivity contribution in [2.24, 2.45) is 0 Å². The number of nitro benzene ring substituents is 1. The Morgan fingerprint density at radius 1 is 1.26 bits per heavy atom. The van der Waals surface area contributed by atoms with Gasteiger partial charge >= 0.3 is 0 Å². The highest BCUT2D eigenvalue weighted by molar-refractivity contribution is 5.99. The van der Waals surface area contributed by atoms with Gasteiger partial charge < -0.3 is 14.8 Å². The number of hydrogen-bond donors (Lipinski definition) is 1. The molecule has 1 N–H and O–H groups in total. The molecule has 1 aromatic carbocycles. The summed E-state index contributed by atoms with van der Waals surface area (Å²) in [4.78, 5) is 22.3. The van der Waals surface area contributed by atoms with E-state index in [0.717, 1.165) is 0 Å². The number of rotatable bonds is 5. The molecule has 0 aromatic heterocycles. The molecule has 0 atom stereocenters. The lowest BCUT2D eigenvalue weighted by Gasteiger charge is -2.12. The summed E-state index contributed by atoms with van der Waals surface area (Å²) < 4.78 is 10.0. The summed E-state index contributed by atoms with van der Waals surface area (Å²) in [6, 6.07) is 2.35. The van der Waals surface area contributed by atoms with Crippen molar-refractivity contribution in [2.75, 3.05) is 14.2 Å². The van der Waals surface area contributed by atoms with Crippen molar-refractivity contribution >= 4 is 11.6 Å². The normalized spacial score (nSPS) is 10.2. The van der Waals surface area contributed by atoms with Gasteiger partial charge in [0.25, 0.3) is 11.6 Å². The van der Waals surface area contributed by atoms with Crippen LogP contribution in [0.25, 0.3) is 0 Å². The molecule has 0 bridgehead atoms. The summed E-state index contributed by atoms with van der Waals surface area (Å²) >= 11 is 0. The van der Waals surface area contributed by atoms with Crippen LogP contribution in [0.4, 0.5) is 5.69 Å². The lowest BCUT2D eigenvalue weighted by Crippen LogP contribution is -2.30. The first-order valence-corrected chi connectivity index (χ1v) is 5.62. The number of nitrogens with zero attached hydrogens (tertiary/aromatic N) is 1. The number of nitro groups is 1. The molecule has 0 fully saturated rings. The summed E-state index contributed by atoms with van der Waals surface area (Å²) in [5, 5.41) is 13.6. The van der Waals surface area contributed by atoms with Gasteiger partial charge in [-0.25, -0.2) is 0 Å². The molecular weight excluding hydrogens is 252 g/mol. The van der Waals surface area contributed by atoms with Crippen molar-refractivity contribution in [2.45, 2.75) is 19.9 Å². The van der Waals surface area contributed by atoms with Gasteiger partial charge in [-0.05, 0) is 13.8 Å². The molecule has 19 heavy (non-hydrogen) atoms. The fourth-order valence-corrected chi connectivity index (χ4v) is 1.54. The minimum Gasteiger partial charge on any atom is -0.493 e. The zero-order valence-electron chi connectivity index (χ0n) is 11.2. The van der Waals surface area contributed by atoms with E-state index in [0.29, 0.717) is 0 Å². The van der Waals surface area contributed by atoms with Crippen molar-refractivity contribution in [3.8, 4) is 11.5 Å². The predicted octanol–water partition coefficient (Wildman–Crippen LogP) is 1.75. The van der Waals surface area contributed by atoms with Crippen molar-refractivity contribution in [3.05, 3.63) is 27.8 Å². The monoisotopic (exact) mass is 268 g/mol. The van der Waals surface area contributed by atoms with Gasteiger partial charge in [-0.15, -0.1) is 0 Å². The Hall–Kier alpha value is -2.31. The summed E-state index contributed by atoms with van der Waals surface area (Å²) in [6.45, 7) is 3.54. The van der Waals surface area contributed by atoms with Crippen molar-refractivity contribution < 1.29 is 19.2 Å². The molecule has 1 rings (SSSR count).